The number of nitrogens with zero attached hydrogens (tertiary/aromatic N) is 1. The normalized spacial score (nSPS) is 26.5. The topological polar surface area (TPSA) is 66.8 Å². The molecule has 6 heteroatoms. The molecule has 0 spiro atoms. The van der Waals surface area contributed by atoms with Crippen molar-refractivity contribution in [2.24, 2.45) is 0 Å². The molecule has 2 aliphatic heterocycles. The molecule has 0 radical (unpaired) electrons. The fourth-order valence-corrected chi connectivity index (χ4v) is 4.29. The molecule has 5 nitrogen and oxygen atoms in total. The van der Waals surface area contributed by atoms with Gasteiger partial charge in [-0.15, -0.1) is 0 Å². The molecule has 2 aliphatic rings. The second-order valence-electron chi connectivity index (χ2n) is 5.57. The fourth-order valence-electron chi connectivity index (χ4n) is 3.09. The molecule has 2 saturated heterocycles. The van der Waals surface area contributed by atoms with Crippen molar-refractivity contribution in [3.63, 3.8) is 0 Å². The van der Waals surface area contributed by atoms with Crippen molar-refractivity contribution in [1.29, 1.82) is 0 Å². The highest BCUT2D eigenvalue weighted by molar-refractivity contribution is 8.00. The van der Waals surface area contributed by atoms with Gasteiger partial charge >= 0.3 is 5.97 Å². The molecule has 0 bridgehead atoms. The highest BCUT2D eigenvalue weighted by atomic mass is 32.2. The Morgan fingerprint density at radius 2 is 2.14 bits per heavy atom. The average Bonchev–Trinajstić information content (AvgIpc) is 2.83. The maximum absolute atomic E-state index is 12.4. The number of hydrogen-bond donors (Lipinski definition) is 1. The summed E-state index contributed by atoms with van der Waals surface area (Å²) in [5.74, 6) is 0.260. The largest absolute Gasteiger partial charge is 0.459 e. The van der Waals surface area contributed by atoms with Crippen LogP contribution in [0.25, 0.3) is 0 Å². The summed E-state index contributed by atoms with van der Waals surface area (Å²) < 4.78 is 5.41. The zero-order valence-electron chi connectivity index (χ0n) is 12.2. The Kier molecular flexibility index (Phi) is 4.69. The molecule has 1 unspecified atom stereocenters. The van der Waals surface area contributed by atoms with Crippen molar-refractivity contribution in [3.8, 4) is 0 Å². The molecule has 1 aromatic rings. The van der Waals surface area contributed by atoms with Crippen molar-refractivity contribution in [2.45, 2.75) is 36.8 Å². The lowest BCUT2D eigenvalue weighted by molar-refractivity contribution is -0.161. The number of benzene rings is 1. The van der Waals surface area contributed by atoms with E-state index in [9.17, 15) is 9.59 Å². The number of aliphatic hydroxyl groups is 1. The van der Waals surface area contributed by atoms with Crippen LogP contribution >= 0.6 is 11.8 Å². The summed E-state index contributed by atoms with van der Waals surface area (Å²) in [6, 6.07) is 9.16. The van der Waals surface area contributed by atoms with E-state index < -0.39 is 6.04 Å². The van der Waals surface area contributed by atoms with Crippen molar-refractivity contribution in [2.75, 3.05) is 12.4 Å². The Morgan fingerprint density at radius 1 is 1.36 bits per heavy atom. The van der Waals surface area contributed by atoms with Crippen LogP contribution in [-0.4, -0.2) is 51.6 Å². The highest BCUT2D eigenvalue weighted by Gasteiger charge is 2.54. The number of esters is 1. The fraction of sp³-hybridized carbons (Fsp3) is 0.500. The quantitative estimate of drug-likeness (QED) is 0.630. The first-order chi connectivity index (χ1) is 10.7. The predicted molar refractivity (Wildman–Crippen MR) is 83.2 cm³/mol. The van der Waals surface area contributed by atoms with Gasteiger partial charge < -0.3 is 14.7 Å². The van der Waals surface area contributed by atoms with Gasteiger partial charge in [0.05, 0.1) is 6.61 Å². The number of carbonyl (C=O) groups excluding carboxylic acids is 2. The maximum Gasteiger partial charge on any atom is 0.330 e. The minimum Gasteiger partial charge on any atom is -0.459 e. The van der Waals surface area contributed by atoms with Crippen LogP contribution in [0.5, 0.6) is 0 Å². The second kappa shape index (κ2) is 6.71. The van der Waals surface area contributed by atoms with E-state index in [1.807, 2.05) is 30.3 Å². The van der Waals surface area contributed by atoms with E-state index in [1.54, 1.807) is 16.7 Å². The summed E-state index contributed by atoms with van der Waals surface area (Å²) in [7, 11) is 0. The van der Waals surface area contributed by atoms with E-state index in [2.05, 4.69) is 0 Å². The van der Waals surface area contributed by atoms with Gasteiger partial charge in [0.1, 0.15) is 12.6 Å². The van der Waals surface area contributed by atoms with Crippen LogP contribution in [0, 0.1) is 0 Å². The van der Waals surface area contributed by atoms with Crippen LogP contribution < -0.4 is 0 Å². The van der Waals surface area contributed by atoms with E-state index in [-0.39, 0.29) is 36.4 Å². The third kappa shape index (κ3) is 2.98. The van der Waals surface area contributed by atoms with Crippen LogP contribution in [0.2, 0.25) is 0 Å². The smallest absolute Gasteiger partial charge is 0.330 e. The van der Waals surface area contributed by atoms with E-state index >= 15 is 0 Å². The zero-order chi connectivity index (χ0) is 15.5. The molecule has 2 heterocycles. The van der Waals surface area contributed by atoms with Gasteiger partial charge in [-0.25, -0.2) is 4.79 Å². The first-order valence-electron chi connectivity index (χ1n) is 7.45. The molecule has 2 fully saturated rings. The summed E-state index contributed by atoms with van der Waals surface area (Å²) in [5.41, 5.74) is 0.930. The number of carbonyl (C=O) groups is 2. The Labute approximate surface area is 133 Å². The Bertz CT molecular complexity index is 550. The summed E-state index contributed by atoms with van der Waals surface area (Å²) in [6.45, 7) is 0.297. The molecular formula is C16H19NO4S. The third-order valence-electron chi connectivity index (χ3n) is 4.14. The van der Waals surface area contributed by atoms with Crippen molar-refractivity contribution < 1.29 is 19.4 Å². The zero-order valence-corrected chi connectivity index (χ0v) is 13.0. The molecule has 22 heavy (non-hydrogen) atoms. The third-order valence-corrected chi connectivity index (χ3v) is 5.43. The molecule has 118 valence electrons. The molecule has 0 aromatic heterocycles. The van der Waals surface area contributed by atoms with Crippen LogP contribution in [-0.2, 0) is 20.9 Å². The molecule has 0 saturated carbocycles. The first kappa shape index (κ1) is 15.4. The van der Waals surface area contributed by atoms with Gasteiger partial charge in [-0.1, -0.05) is 30.3 Å². The highest BCUT2D eigenvalue weighted by Crippen LogP contribution is 2.41. The van der Waals surface area contributed by atoms with Crippen LogP contribution in [0.3, 0.4) is 0 Å². The molecule has 1 aromatic carbocycles. The molecule has 1 amide bonds. The van der Waals surface area contributed by atoms with Crippen LogP contribution in [0.15, 0.2) is 30.3 Å². The second-order valence-corrected chi connectivity index (χ2v) is 6.91. The van der Waals surface area contributed by atoms with Crippen molar-refractivity contribution in [3.05, 3.63) is 35.9 Å². The summed E-state index contributed by atoms with van der Waals surface area (Å²) in [4.78, 5) is 25.9. The summed E-state index contributed by atoms with van der Waals surface area (Å²) in [6.07, 6.45) is 1.33. The minimum absolute atomic E-state index is 0.0203. The molecular weight excluding hydrogens is 302 g/mol. The van der Waals surface area contributed by atoms with Crippen LogP contribution in [0.1, 0.15) is 18.4 Å². The lowest BCUT2D eigenvalue weighted by Crippen LogP contribution is -2.55. The number of ether oxygens (including phenoxy) is 1. The van der Waals surface area contributed by atoms with E-state index in [1.165, 1.54) is 0 Å². The standard InChI is InChI=1S/C16H19NO4S/c18-6-7-22-13-8-12-9-14(19)17(12)15(13)16(20)21-10-11-4-2-1-3-5-11/h1-5,12-13,15,18H,6-10H2/t12?,13-,15+/m1/s1. The Morgan fingerprint density at radius 3 is 2.82 bits per heavy atom. The molecule has 3 rings (SSSR count). The number of hydrogen-bond acceptors (Lipinski definition) is 5. The Balaban J connectivity index is 1.64. The number of thioether (sulfide) groups is 1. The van der Waals surface area contributed by atoms with Crippen molar-refractivity contribution in [1.82, 2.24) is 4.90 Å². The number of aliphatic hydroxyl groups excluding tert-OH is 1. The van der Waals surface area contributed by atoms with E-state index in [4.69, 9.17) is 9.84 Å². The monoisotopic (exact) mass is 321 g/mol. The number of amides is 1. The number of β-lactam (4-membered cyclic amide) rings is 1. The SMILES string of the molecule is O=C(OCc1ccccc1)[C@@H]1[C@H](SCCO)CC2CC(=O)N21. The Hall–Kier alpha value is -1.53. The van der Waals surface area contributed by atoms with Gasteiger partial charge in [-0.3, -0.25) is 4.79 Å². The molecule has 0 aliphatic carbocycles. The number of fused-ring (bicyclic) bond motifs is 1. The van der Waals surface area contributed by atoms with E-state index in [0.29, 0.717) is 12.2 Å². The first-order valence-corrected chi connectivity index (χ1v) is 8.49. The van der Waals surface area contributed by atoms with Gasteiger partial charge in [0.2, 0.25) is 5.91 Å². The van der Waals surface area contributed by atoms with E-state index in [0.717, 1.165) is 12.0 Å². The van der Waals surface area contributed by atoms with Gasteiger partial charge in [-0.2, -0.15) is 11.8 Å². The minimum atomic E-state index is -0.508. The maximum atomic E-state index is 12.4. The summed E-state index contributed by atoms with van der Waals surface area (Å²) in [5, 5.41) is 9.01. The lowest BCUT2D eigenvalue weighted by atomic mass is 10.0. The molecule has 1 N–H and O–H groups in total. The lowest BCUT2D eigenvalue weighted by Gasteiger charge is -2.37. The van der Waals surface area contributed by atoms with Gasteiger partial charge in [0, 0.05) is 23.5 Å². The van der Waals surface area contributed by atoms with Crippen LogP contribution in [0.4, 0.5) is 0 Å². The van der Waals surface area contributed by atoms with Gasteiger partial charge in [0.15, 0.2) is 0 Å². The predicted octanol–water partition coefficient (Wildman–Crippen LogP) is 1.20. The molecule has 3 atom stereocenters. The van der Waals surface area contributed by atoms with Gasteiger partial charge in [-0.05, 0) is 12.0 Å². The summed E-state index contributed by atoms with van der Waals surface area (Å²) >= 11 is 1.55. The van der Waals surface area contributed by atoms with Crippen molar-refractivity contribution >= 4 is 23.6 Å². The average molecular weight is 321 g/mol. The van der Waals surface area contributed by atoms with Gasteiger partial charge in [0.25, 0.3) is 0 Å². The number of rotatable bonds is 6.